The molecule has 80 valence electrons. The average molecular weight is 200 g/mol. The van der Waals surface area contributed by atoms with Crippen LogP contribution < -0.4 is 0 Å². The molecule has 14 heavy (non-hydrogen) atoms. The fourth-order valence-corrected chi connectivity index (χ4v) is 1.40. The Morgan fingerprint density at radius 3 is 2.43 bits per heavy atom. The van der Waals surface area contributed by atoms with Crippen LogP contribution in [0.5, 0.6) is 0 Å². The Kier molecular flexibility index (Phi) is 3.25. The quantitative estimate of drug-likeness (QED) is 0.446. The second-order valence-electron chi connectivity index (χ2n) is 4.38. The van der Waals surface area contributed by atoms with Gasteiger partial charge in [-0.3, -0.25) is 0 Å². The highest BCUT2D eigenvalue weighted by atomic mass is 16.5. The Bertz CT molecular complexity index is 264. The predicted molar refractivity (Wildman–Crippen MR) is 52.3 cm³/mol. The maximum absolute atomic E-state index is 9.25. The molecule has 1 rings (SSSR count). The van der Waals surface area contributed by atoms with Gasteiger partial charge in [0.25, 0.3) is 0 Å². The molecular weight excluding hydrogens is 182 g/mol. The zero-order chi connectivity index (χ0) is 10.8. The number of nitrogens with zero attached hydrogens (tertiary/aromatic N) is 2. The van der Waals surface area contributed by atoms with Crippen molar-refractivity contribution in [2.24, 2.45) is 0 Å². The zero-order valence-electron chi connectivity index (χ0n) is 8.81. The predicted octanol–water partition coefficient (Wildman–Crippen LogP) is -0.662. The molecule has 0 bridgehead atoms. The highest BCUT2D eigenvalue weighted by Crippen LogP contribution is 2.11. The third-order valence-electron chi connectivity index (χ3n) is 2.32. The smallest absolute Gasteiger partial charge is 0.206 e. The van der Waals surface area contributed by atoms with Gasteiger partial charge in [0.1, 0.15) is 6.04 Å². The summed E-state index contributed by atoms with van der Waals surface area (Å²) in [4.78, 5) is 6.84. The maximum Gasteiger partial charge on any atom is 0.206 e. The number of rotatable bonds is 4. The molecule has 0 aliphatic rings. The molecule has 5 nitrogen and oxygen atoms in total. The minimum Gasteiger partial charge on any atom is -0.363 e. The van der Waals surface area contributed by atoms with E-state index in [1.54, 1.807) is 12.5 Å². The summed E-state index contributed by atoms with van der Waals surface area (Å²) in [6, 6.07) is -0.254. The standard InChI is InChI=1S/C9H18N3O2/c1-12(2,3)8(9(13)14)4-7-5-10-6-11-7/h5-6,8-9,13-14H,4H2,1-3H3,(H,10,11)/q+1. The van der Waals surface area contributed by atoms with E-state index < -0.39 is 6.29 Å². The topological polar surface area (TPSA) is 69.1 Å². The van der Waals surface area contributed by atoms with Gasteiger partial charge in [0.2, 0.25) is 6.29 Å². The van der Waals surface area contributed by atoms with Crippen molar-refractivity contribution in [3.8, 4) is 0 Å². The Morgan fingerprint density at radius 1 is 1.43 bits per heavy atom. The second-order valence-corrected chi connectivity index (χ2v) is 4.38. The number of aromatic amines is 1. The maximum atomic E-state index is 9.25. The Labute approximate surface area is 83.6 Å². The molecule has 0 amide bonds. The van der Waals surface area contributed by atoms with Crippen LogP contribution >= 0.6 is 0 Å². The van der Waals surface area contributed by atoms with Crippen LogP contribution in [0.15, 0.2) is 12.5 Å². The number of imidazole rings is 1. The van der Waals surface area contributed by atoms with E-state index in [0.717, 1.165) is 5.69 Å². The van der Waals surface area contributed by atoms with Gasteiger partial charge < -0.3 is 19.7 Å². The molecular formula is C9H18N3O2+. The summed E-state index contributed by atoms with van der Waals surface area (Å²) < 4.78 is 0.497. The molecule has 1 aromatic heterocycles. The summed E-state index contributed by atoms with van der Waals surface area (Å²) in [5.41, 5.74) is 0.913. The van der Waals surface area contributed by atoms with Crippen molar-refractivity contribution < 1.29 is 14.7 Å². The lowest BCUT2D eigenvalue weighted by Crippen LogP contribution is -2.52. The monoisotopic (exact) mass is 200 g/mol. The van der Waals surface area contributed by atoms with Crippen LogP contribution in [0.3, 0.4) is 0 Å². The Hall–Kier alpha value is -0.910. The van der Waals surface area contributed by atoms with E-state index in [1.807, 2.05) is 21.1 Å². The van der Waals surface area contributed by atoms with Crippen molar-refractivity contribution in [1.29, 1.82) is 0 Å². The number of nitrogens with one attached hydrogen (secondary N) is 1. The molecule has 0 saturated heterocycles. The van der Waals surface area contributed by atoms with E-state index in [0.29, 0.717) is 10.9 Å². The summed E-state index contributed by atoms with van der Waals surface area (Å²) in [5, 5.41) is 18.5. The molecule has 0 radical (unpaired) electrons. The lowest BCUT2D eigenvalue weighted by Gasteiger charge is -2.34. The van der Waals surface area contributed by atoms with Gasteiger partial charge >= 0.3 is 0 Å². The average Bonchev–Trinajstić information content (AvgIpc) is 2.48. The highest BCUT2D eigenvalue weighted by Gasteiger charge is 2.30. The number of aromatic nitrogens is 2. The number of aliphatic hydroxyl groups is 2. The molecule has 0 fully saturated rings. The van der Waals surface area contributed by atoms with Crippen LogP contribution in [0.1, 0.15) is 5.69 Å². The van der Waals surface area contributed by atoms with Crippen LogP contribution in [0.2, 0.25) is 0 Å². The minimum absolute atomic E-state index is 0.254. The molecule has 1 aromatic rings. The number of hydrogen-bond donors (Lipinski definition) is 3. The first-order valence-corrected chi connectivity index (χ1v) is 4.56. The lowest BCUT2D eigenvalue weighted by molar-refractivity contribution is -0.903. The summed E-state index contributed by atoms with van der Waals surface area (Å²) in [7, 11) is 5.79. The van der Waals surface area contributed by atoms with Gasteiger partial charge in [0, 0.05) is 18.3 Å². The van der Waals surface area contributed by atoms with Crippen molar-refractivity contribution >= 4 is 0 Å². The zero-order valence-corrected chi connectivity index (χ0v) is 8.81. The number of hydrogen-bond acceptors (Lipinski definition) is 3. The SMILES string of the molecule is C[N+](C)(C)C(Cc1cnc[nH]1)C(O)O. The third kappa shape index (κ3) is 2.80. The van der Waals surface area contributed by atoms with Crippen molar-refractivity contribution in [3.05, 3.63) is 18.2 Å². The Morgan fingerprint density at radius 2 is 2.07 bits per heavy atom. The minimum atomic E-state index is -1.32. The van der Waals surface area contributed by atoms with E-state index >= 15 is 0 Å². The number of H-pyrrole nitrogens is 1. The summed E-state index contributed by atoms with van der Waals surface area (Å²) >= 11 is 0. The first kappa shape index (κ1) is 11.2. The fraction of sp³-hybridized carbons (Fsp3) is 0.667. The number of quaternary nitrogens is 1. The van der Waals surface area contributed by atoms with E-state index in [2.05, 4.69) is 9.97 Å². The van der Waals surface area contributed by atoms with E-state index in [-0.39, 0.29) is 6.04 Å². The lowest BCUT2D eigenvalue weighted by atomic mass is 10.1. The van der Waals surface area contributed by atoms with Gasteiger partial charge in [0.05, 0.1) is 27.5 Å². The molecule has 0 spiro atoms. The number of likely N-dealkylation sites (N-methyl/N-ethyl adjacent to an activating group) is 1. The first-order chi connectivity index (χ1) is 6.41. The molecule has 3 N–H and O–H groups in total. The Balaban J connectivity index is 2.71. The van der Waals surface area contributed by atoms with Crippen LogP contribution in [-0.4, -0.2) is 58.1 Å². The number of aliphatic hydroxyl groups excluding tert-OH is 1. The molecule has 5 heteroatoms. The van der Waals surface area contributed by atoms with Gasteiger partial charge in [0.15, 0.2) is 0 Å². The molecule has 0 aromatic carbocycles. The largest absolute Gasteiger partial charge is 0.363 e. The molecule has 1 unspecified atom stereocenters. The van der Waals surface area contributed by atoms with Crippen LogP contribution in [-0.2, 0) is 6.42 Å². The normalized spacial score (nSPS) is 14.7. The molecule has 0 saturated carbocycles. The van der Waals surface area contributed by atoms with Crippen molar-refractivity contribution in [3.63, 3.8) is 0 Å². The van der Waals surface area contributed by atoms with Gasteiger partial charge in [-0.25, -0.2) is 4.98 Å². The van der Waals surface area contributed by atoms with Gasteiger partial charge in [-0.1, -0.05) is 0 Å². The van der Waals surface area contributed by atoms with Gasteiger partial charge in [-0.2, -0.15) is 0 Å². The molecule has 1 heterocycles. The fourth-order valence-electron chi connectivity index (χ4n) is 1.40. The molecule has 0 aliphatic carbocycles. The summed E-state index contributed by atoms with van der Waals surface area (Å²) in [6.45, 7) is 0. The molecule has 1 atom stereocenters. The summed E-state index contributed by atoms with van der Waals surface area (Å²) in [6.07, 6.45) is 2.54. The van der Waals surface area contributed by atoms with E-state index in [9.17, 15) is 10.2 Å². The van der Waals surface area contributed by atoms with E-state index in [1.165, 1.54) is 0 Å². The molecule has 0 aliphatic heterocycles. The van der Waals surface area contributed by atoms with Crippen molar-refractivity contribution in [2.75, 3.05) is 21.1 Å². The first-order valence-electron chi connectivity index (χ1n) is 4.56. The highest BCUT2D eigenvalue weighted by molar-refractivity contribution is 4.96. The second kappa shape index (κ2) is 4.08. The van der Waals surface area contributed by atoms with E-state index in [4.69, 9.17) is 0 Å². The van der Waals surface area contributed by atoms with Gasteiger partial charge in [-0.05, 0) is 0 Å². The van der Waals surface area contributed by atoms with Crippen molar-refractivity contribution in [2.45, 2.75) is 18.8 Å². The van der Waals surface area contributed by atoms with Crippen LogP contribution in [0.4, 0.5) is 0 Å². The summed E-state index contributed by atoms with van der Waals surface area (Å²) in [5.74, 6) is 0. The van der Waals surface area contributed by atoms with Crippen molar-refractivity contribution in [1.82, 2.24) is 9.97 Å². The third-order valence-corrected chi connectivity index (χ3v) is 2.32. The van der Waals surface area contributed by atoms with Gasteiger partial charge in [-0.15, -0.1) is 0 Å². The van der Waals surface area contributed by atoms with Crippen LogP contribution in [0, 0.1) is 0 Å². The van der Waals surface area contributed by atoms with Crippen LogP contribution in [0.25, 0.3) is 0 Å².